The van der Waals surface area contributed by atoms with Crippen LogP contribution in [0.3, 0.4) is 0 Å². The first-order chi connectivity index (χ1) is 5.50. The van der Waals surface area contributed by atoms with Crippen molar-refractivity contribution < 1.29 is 9.53 Å². The van der Waals surface area contributed by atoms with E-state index >= 15 is 0 Å². The van der Waals surface area contributed by atoms with Gasteiger partial charge in [0.25, 0.3) is 0 Å². The quantitative estimate of drug-likeness (QED) is 0.629. The van der Waals surface area contributed by atoms with Gasteiger partial charge >= 0.3 is 0 Å². The third kappa shape index (κ3) is 3.32. The third-order valence-electron chi connectivity index (χ3n) is 1.90. The van der Waals surface area contributed by atoms with Crippen LogP contribution >= 0.6 is 0 Å². The molecule has 12 heavy (non-hydrogen) atoms. The second kappa shape index (κ2) is 3.54. The maximum Gasteiger partial charge on any atom is 0.151 e. The fraction of sp³-hybridized carbons (Fsp3) is 0.889. The molecule has 0 radical (unpaired) electrons. The van der Waals surface area contributed by atoms with Crippen molar-refractivity contribution in [2.24, 2.45) is 5.41 Å². The zero-order valence-electron chi connectivity index (χ0n) is 8.02. The summed E-state index contributed by atoms with van der Waals surface area (Å²) in [4.78, 5) is 11.4. The largest absolute Gasteiger partial charge is 0.372 e. The molecule has 0 aromatic carbocycles. The Kier molecular flexibility index (Phi) is 2.85. The van der Waals surface area contributed by atoms with E-state index in [2.05, 4.69) is 5.32 Å². The minimum atomic E-state index is -0.225. The second-order valence-electron chi connectivity index (χ2n) is 4.26. The second-order valence-corrected chi connectivity index (χ2v) is 4.26. The molecular weight excluding hydrogens is 154 g/mol. The Balaban J connectivity index is 2.08. The van der Waals surface area contributed by atoms with Crippen molar-refractivity contribution in [3.8, 4) is 0 Å². The van der Waals surface area contributed by atoms with Gasteiger partial charge in [-0.25, -0.2) is 0 Å². The van der Waals surface area contributed by atoms with Crippen LogP contribution in [0, 0.1) is 5.41 Å². The van der Waals surface area contributed by atoms with E-state index in [1.54, 1.807) is 0 Å². The Bertz CT molecular complexity index is 168. The van der Waals surface area contributed by atoms with Crippen LogP contribution in [0.1, 0.15) is 20.8 Å². The van der Waals surface area contributed by atoms with E-state index in [-0.39, 0.29) is 11.2 Å². The molecule has 1 fully saturated rings. The monoisotopic (exact) mass is 171 g/mol. The summed E-state index contributed by atoms with van der Waals surface area (Å²) in [6.45, 7) is 7.92. The molecule has 3 nitrogen and oxygen atoms in total. The van der Waals surface area contributed by atoms with Crippen LogP contribution < -0.4 is 5.32 Å². The molecule has 0 bridgehead atoms. The summed E-state index contributed by atoms with van der Waals surface area (Å²) in [7, 11) is 0. The van der Waals surface area contributed by atoms with E-state index in [1.165, 1.54) is 0 Å². The molecule has 0 aliphatic carbocycles. The lowest BCUT2D eigenvalue weighted by Crippen LogP contribution is -2.33. The first-order valence-electron chi connectivity index (χ1n) is 4.36. The highest BCUT2D eigenvalue weighted by Crippen LogP contribution is 2.13. The number of hydrogen-bond donors (Lipinski definition) is 1. The van der Waals surface area contributed by atoms with E-state index in [0.29, 0.717) is 12.6 Å². The number of rotatable bonds is 4. The van der Waals surface area contributed by atoms with Crippen molar-refractivity contribution in [1.82, 2.24) is 5.32 Å². The lowest BCUT2D eigenvalue weighted by atomic mass is 9.91. The number of carbonyl (C=O) groups excluding carboxylic acids is 1. The summed E-state index contributed by atoms with van der Waals surface area (Å²) in [6.07, 6.45) is 0.359. The number of ketones is 1. The van der Waals surface area contributed by atoms with Gasteiger partial charge in [-0.2, -0.15) is 0 Å². The molecule has 1 rings (SSSR count). The maximum atomic E-state index is 11.4. The van der Waals surface area contributed by atoms with Crippen molar-refractivity contribution in [3.05, 3.63) is 0 Å². The highest BCUT2D eigenvalue weighted by Gasteiger charge is 2.24. The summed E-state index contributed by atoms with van der Waals surface area (Å²) < 4.78 is 5.00. The van der Waals surface area contributed by atoms with Gasteiger partial charge in [-0.05, 0) is 0 Å². The zero-order valence-corrected chi connectivity index (χ0v) is 8.02. The van der Waals surface area contributed by atoms with Crippen LogP contribution in [0.2, 0.25) is 0 Å². The molecular formula is C9H17NO2. The predicted octanol–water partition coefficient (Wildman–Crippen LogP) is 0.590. The Hall–Kier alpha value is -0.410. The molecule has 70 valence electrons. The summed E-state index contributed by atoms with van der Waals surface area (Å²) in [5.74, 6) is 0.253. The zero-order chi connectivity index (χ0) is 9.19. The summed E-state index contributed by atoms with van der Waals surface area (Å²) in [5.41, 5.74) is -0.225. The van der Waals surface area contributed by atoms with E-state index < -0.39 is 0 Å². The van der Waals surface area contributed by atoms with Gasteiger partial charge < -0.3 is 10.1 Å². The van der Waals surface area contributed by atoms with Gasteiger partial charge in [0.15, 0.2) is 5.78 Å². The first-order valence-corrected chi connectivity index (χ1v) is 4.36. The smallest absolute Gasteiger partial charge is 0.151 e. The Labute approximate surface area is 73.5 Å². The summed E-state index contributed by atoms with van der Waals surface area (Å²) >= 11 is 0. The van der Waals surface area contributed by atoms with Gasteiger partial charge in [-0.15, -0.1) is 0 Å². The molecule has 1 unspecified atom stereocenters. The normalized spacial score (nSPS) is 22.4. The fourth-order valence-electron chi connectivity index (χ4n) is 0.798. The highest BCUT2D eigenvalue weighted by atomic mass is 16.6. The molecule has 1 atom stereocenters. The fourth-order valence-corrected chi connectivity index (χ4v) is 0.798. The molecule has 1 heterocycles. The van der Waals surface area contributed by atoms with Crippen LogP contribution in [0.15, 0.2) is 0 Å². The van der Waals surface area contributed by atoms with Gasteiger partial charge in [0.1, 0.15) is 0 Å². The predicted molar refractivity (Wildman–Crippen MR) is 47.1 cm³/mol. The number of carbonyl (C=O) groups is 1. The van der Waals surface area contributed by atoms with Crippen molar-refractivity contribution in [3.63, 3.8) is 0 Å². The van der Waals surface area contributed by atoms with E-state index in [0.717, 1.165) is 13.2 Å². The molecule has 1 aliphatic heterocycles. The number of nitrogens with one attached hydrogen (secondary N) is 1. The first kappa shape index (κ1) is 9.68. The summed E-state index contributed by atoms with van der Waals surface area (Å²) in [6, 6.07) is 0. The maximum absolute atomic E-state index is 11.4. The Morgan fingerprint density at radius 1 is 1.58 bits per heavy atom. The average molecular weight is 171 g/mol. The number of Topliss-reactive ketones (excluding diaryl/α,β-unsaturated/α-hetero) is 1. The average Bonchev–Trinajstić information content (AvgIpc) is 2.69. The summed E-state index contributed by atoms with van der Waals surface area (Å²) in [5, 5.41) is 3.08. The van der Waals surface area contributed by atoms with Crippen LogP contribution in [-0.2, 0) is 9.53 Å². The van der Waals surface area contributed by atoms with E-state index in [1.807, 2.05) is 20.8 Å². The van der Waals surface area contributed by atoms with E-state index in [9.17, 15) is 4.79 Å². The molecule has 3 heteroatoms. The highest BCUT2D eigenvalue weighted by molar-refractivity contribution is 5.85. The number of ether oxygens (including phenoxy) is 1. The van der Waals surface area contributed by atoms with E-state index in [4.69, 9.17) is 4.74 Å². The van der Waals surface area contributed by atoms with Gasteiger partial charge in [-0.1, -0.05) is 20.8 Å². The minimum absolute atomic E-state index is 0.225. The van der Waals surface area contributed by atoms with Crippen LogP contribution in [0.4, 0.5) is 0 Å². The molecule has 0 amide bonds. The third-order valence-corrected chi connectivity index (χ3v) is 1.90. The lowest BCUT2D eigenvalue weighted by Gasteiger charge is -2.16. The molecule has 1 aliphatic rings. The van der Waals surface area contributed by atoms with Gasteiger partial charge in [0.05, 0.1) is 19.3 Å². The molecule has 0 saturated carbocycles. The topological polar surface area (TPSA) is 41.6 Å². The van der Waals surface area contributed by atoms with Gasteiger partial charge in [0.2, 0.25) is 0 Å². The van der Waals surface area contributed by atoms with Crippen molar-refractivity contribution in [2.45, 2.75) is 26.9 Å². The number of hydrogen-bond acceptors (Lipinski definition) is 3. The van der Waals surface area contributed by atoms with Crippen molar-refractivity contribution >= 4 is 5.78 Å². The Morgan fingerprint density at radius 3 is 2.58 bits per heavy atom. The SMILES string of the molecule is CC(C)(C)C(=O)CNCC1CO1. The molecule has 0 spiro atoms. The minimum Gasteiger partial charge on any atom is -0.372 e. The van der Waals surface area contributed by atoms with Crippen molar-refractivity contribution in [1.29, 1.82) is 0 Å². The van der Waals surface area contributed by atoms with Gasteiger partial charge in [0, 0.05) is 12.0 Å². The lowest BCUT2D eigenvalue weighted by molar-refractivity contribution is -0.125. The standard InChI is InChI=1S/C9H17NO2/c1-9(2,3)8(11)5-10-4-7-6-12-7/h7,10H,4-6H2,1-3H3. The molecule has 1 saturated heterocycles. The number of epoxide rings is 1. The van der Waals surface area contributed by atoms with Crippen LogP contribution in [0.25, 0.3) is 0 Å². The van der Waals surface area contributed by atoms with Crippen molar-refractivity contribution in [2.75, 3.05) is 19.7 Å². The van der Waals surface area contributed by atoms with Gasteiger partial charge in [-0.3, -0.25) is 4.79 Å². The Morgan fingerprint density at radius 2 is 2.17 bits per heavy atom. The van der Waals surface area contributed by atoms with Crippen LogP contribution in [0.5, 0.6) is 0 Å². The molecule has 0 aromatic rings. The molecule has 0 aromatic heterocycles. The molecule has 1 N–H and O–H groups in total. The van der Waals surface area contributed by atoms with Crippen LogP contribution in [-0.4, -0.2) is 31.6 Å².